The van der Waals surface area contributed by atoms with E-state index in [-0.39, 0.29) is 10.2 Å². The van der Waals surface area contributed by atoms with Gasteiger partial charge in [0.25, 0.3) is 10.0 Å². The maximum atomic E-state index is 12.7. The van der Waals surface area contributed by atoms with Crippen LogP contribution in [0.15, 0.2) is 34.8 Å². The van der Waals surface area contributed by atoms with Crippen molar-refractivity contribution < 1.29 is 13.5 Å². The van der Waals surface area contributed by atoms with Gasteiger partial charge in [-0.25, -0.2) is 4.98 Å². The highest BCUT2D eigenvalue weighted by Gasteiger charge is 2.26. The molecule has 0 spiro atoms. The fourth-order valence-corrected chi connectivity index (χ4v) is 5.33. The van der Waals surface area contributed by atoms with Crippen LogP contribution in [0.5, 0.6) is 0 Å². The predicted molar refractivity (Wildman–Crippen MR) is 88.6 cm³/mol. The Morgan fingerprint density at radius 2 is 2.26 bits per heavy atom. The fraction of sp³-hybridized carbons (Fsp3) is 0.214. The SMILES string of the molecule is O=S(=O)(Nc1ccc2c(c1)[C@@H](O)CC2)c1c(Cl)nc2sccn12. The largest absolute Gasteiger partial charge is 0.388 e. The number of aryl methyl sites for hydroxylation is 1. The number of thiazole rings is 1. The molecular weight excluding hydrogens is 358 g/mol. The highest BCUT2D eigenvalue weighted by atomic mass is 35.5. The molecule has 0 bridgehead atoms. The number of aromatic nitrogens is 2. The van der Waals surface area contributed by atoms with Gasteiger partial charge in [0.1, 0.15) is 0 Å². The maximum Gasteiger partial charge on any atom is 0.281 e. The summed E-state index contributed by atoms with van der Waals surface area (Å²) in [6.45, 7) is 0. The van der Waals surface area contributed by atoms with Gasteiger partial charge in [0.2, 0.25) is 0 Å². The monoisotopic (exact) mass is 369 g/mol. The Balaban J connectivity index is 1.75. The summed E-state index contributed by atoms with van der Waals surface area (Å²) in [5.41, 5.74) is 2.21. The first-order valence-electron chi connectivity index (χ1n) is 6.90. The molecule has 0 saturated heterocycles. The minimum Gasteiger partial charge on any atom is -0.388 e. The van der Waals surface area contributed by atoms with Crippen LogP contribution in [0, 0.1) is 0 Å². The van der Waals surface area contributed by atoms with Gasteiger partial charge in [0.05, 0.1) is 6.10 Å². The highest BCUT2D eigenvalue weighted by Crippen LogP contribution is 2.34. The number of nitrogens with zero attached hydrogens (tertiary/aromatic N) is 2. The van der Waals surface area contributed by atoms with Gasteiger partial charge >= 0.3 is 0 Å². The zero-order valence-electron chi connectivity index (χ0n) is 11.7. The van der Waals surface area contributed by atoms with Crippen LogP contribution in [-0.2, 0) is 16.4 Å². The van der Waals surface area contributed by atoms with E-state index in [1.807, 2.05) is 6.07 Å². The second-order valence-electron chi connectivity index (χ2n) is 5.34. The lowest BCUT2D eigenvalue weighted by atomic mass is 10.1. The molecule has 0 aliphatic heterocycles. The highest BCUT2D eigenvalue weighted by molar-refractivity contribution is 7.92. The molecule has 2 aromatic heterocycles. The predicted octanol–water partition coefficient (Wildman–Crippen LogP) is 2.83. The normalized spacial score (nSPS) is 17.6. The number of imidazole rings is 1. The van der Waals surface area contributed by atoms with Crippen molar-refractivity contribution in [3.8, 4) is 0 Å². The maximum absolute atomic E-state index is 12.7. The van der Waals surface area contributed by atoms with Crippen LogP contribution < -0.4 is 4.72 Å². The number of hydrogen-bond donors (Lipinski definition) is 2. The lowest BCUT2D eigenvalue weighted by molar-refractivity contribution is 0.180. The molecule has 2 heterocycles. The molecular formula is C14H12ClN3O3S2. The van der Waals surface area contributed by atoms with E-state index in [4.69, 9.17) is 11.6 Å². The van der Waals surface area contributed by atoms with Crippen molar-refractivity contribution in [2.75, 3.05) is 4.72 Å². The summed E-state index contributed by atoms with van der Waals surface area (Å²) in [5, 5.41) is 11.5. The Morgan fingerprint density at radius 1 is 1.43 bits per heavy atom. The molecule has 0 saturated carbocycles. The van der Waals surface area contributed by atoms with Crippen LogP contribution in [0.1, 0.15) is 23.7 Å². The molecule has 1 atom stereocenters. The molecule has 0 fully saturated rings. The summed E-state index contributed by atoms with van der Waals surface area (Å²) in [6.07, 6.45) is 2.53. The third-order valence-corrected chi connectivity index (χ3v) is 6.41. The molecule has 0 unspecified atom stereocenters. The average Bonchev–Trinajstić information content (AvgIpc) is 3.13. The third-order valence-electron chi connectivity index (χ3n) is 3.88. The number of fused-ring (bicyclic) bond motifs is 2. The van der Waals surface area contributed by atoms with E-state index in [2.05, 4.69) is 9.71 Å². The minimum absolute atomic E-state index is 0.0643. The van der Waals surface area contributed by atoms with Crippen molar-refractivity contribution in [2.24, 2.45) is 0 Å². The van der Waals surface area contributed by atoms with Crippen molar-refractivity contribution in [3.63, 3.8) is 0 Å². The van der Waals surface area contributed by atoms with E-state index in [0.717, 1.165) is 17.5 Å². The molecule has 6 nitrogen and oxygen atoms in total. The quantitative estimate of drug-likeness (QED) is 0.743. The van der Waals surface area contributed by atoms with E-state index in [9.17, 15) is 13.5 Å². The second-order valence-corrected chi connectivity index (χ2v) is 8.17. The van der Waals surface area contributed by atoms with Gasteiger partial charge in [-0.05, 0) is 36.1 Å². The van der Waals surface area contributed by atoms with Crippen LogP contribution in [-0.4, -0.2) is 22.9 Å². The Bertz CT molecular complexity index is 1010. The Labute approximate surface area is 141 Å². The van der Waals surface area contributed by atoms with Crippen molar-refractivity contribution in [2.45, 2.75) is 24.0 Å². The number of aliphatic hydroxyl groups is 1. The average molecular weight is 370 g/mol. The van der Waals surface area contributed by atoms with Crippen LogP contribution in [0.2, 0.25) is 5.15 Å². The van der Waals surface area contributed by atoms with Gasteiger partial charge in [-0.3, -0.25) is 9.12 Å². The van der Waals surface area contributed by atoms with E-state index in [0.29, 0.717) is 17.1 Å². The number of hydrogen-bond acceptors (Lipinski definition) is 5. The number of sulfonamides is 1. The van der Waals surface area contributed by atoms with E-state index in [1.54, 1.807) is 23.7 Å². The molecule has 2 N–H and O–H groups in total. The van der Waals surface area contributed by atoms with E-state index in [1.165, 1.54) is 15.7 Å². The lowest BCUT2D eigenvalue weighted by Crippen LogP contribution is -2.15. The zero-order valence-corrected chi connectivity index (χ0v) is 14.1. The van der Waals surface area contributed by atoms with Gasteiger partial charge in [-0.15, -0.1) is 11.3 Å². The van der Waals surface area contributed by atoms with Crippen LogP contribution in [0.4, 0.5) is 5.69 Å². The molecule has 3 aromatic rings. The summed E-state index contributed by atoms with van der Waals surface area (Å²) in [4.78, 5) is 4.55. The van der Waals surface area contributed by atoms with Crippen molar-refractivity contribution in [3.05, 3.63) is 46.1 Å². The Hall–Kier alpha value is -1.61. The molecule has 1 aliphatic rings. The Morgan fingerprint density at radius 3 is 3.09 bits per heavy atom. The zero-order chi connectivity index (χ0) is 16.2. The van der Waals surface area contributed by atoms with Crippen molar-refractivity contribution in [1.29, 1.82) is 0 Å². The molecule has 23 heavy (non-hydrogen) atoms. The molecule has 1 aromatic carbocycles. The number of rotatable bonds is 3. The first kappa shape index (κ1) is 14.9. The van der Waals surface area contributed by atoms with Gasteiger partial charge in [-0.1, -0.05) is 17.7 Å². The second kappa shape index (κ2) is 5.20. The van der Waals surface area contributed by atoms with Crippen LogP contribution in [0.3, 0.4) is 0 Å². The standard InChI is InChI=1S/C14H12ClN3O3S2/c15-12-13(18-5-6-22-14(18)16-12)23(20,21)17-9-3-1-8-2-4-11(19)10(8)7-9/h1,3,5-7,11,17,19H,2,4H2/t11-/m0/s1. The van der Waals surface area contributed by atoms with Gasteiger partial charge in [0, 0.05) is 17.3 Å². The van der Waals surface area contributed by atoms with Crippen molar-refractivity contribution in [1.82, 2.24) is 9.38 Å². The summed E-state index contributed by atoms with van der Waals surface area (Å²) >= 11 is 7.30. The molecule has 0 radical (unpaired) electrons. The van der Waals surface area contributed by atoms with E-state index < -0.39 is 16.1 Å². The van der Waals surface area contributed by atoms with Crippen molar-refractivity contribution >= 4 is 43.6 Å². The van der Waals surface area contributed by atoms with Gasteiger partial charge in [-0.2, -0.15) is 8.42 Å². The molecule has 120 valence electrons. The van der Waals surface area contributed by atoms with Gasteiger partial charge < -0.3 is 5.11 Å². The van der Waals surface area contributed by atoms with Crippen LogP contribution >= 0.6 is 22.9 Å². The number of anilines is 1. The number of benzene rings is 1. The molecule has 0 amide bonds. The fourth-order valence-electron chi connectivity index (χ4n) is 2.83. The van der Waals surface area contributed by atoms with Crippen LogP contribution in [0.25, 0.3) is 4.96 Å². The molecule has 9 heteroatoms. The number of nitrogens with one attached hydrogen (secondary N) is 1. The first-order valence-corrected chi connectivity index (χ1v) is 9.64. The minimum atomic E-state index is -3.89. The third kappa shape index (κ3) is 2.42. The number of aliphatic hydroxyl groups excluding tert-OH is 1. The Kier molecular flexibility index (Phi) is 3.38. The first-order chi connectivity index (χ1) is 11.0. The summed E-state index contributed by atoms with van der Waals surface area (Å²) in [6, 6.07) is 5.19. The molecule has 4 rings (SSSR count). The number of halogens is 1. The smallest absolute Gasteiger partial charge is 0.281 e. The summed E-state index contributed by atoms with van der Waals surface area (Å²) in [5.74, 6) is 0. The van der Waals surface area contributed by atoms with Gasteiger partial charge in [0.15, 0.2) is 15.1 Å². The lowest BCUT2D eigenvalue weighted by Gasteiger charge is -2.10. The van der Waals surface area contributed by atoms with E-state index >= 15 is 0 Å². The topological polar surface area (TPSA) is 83.7 Å². The summed E-state index contributed by atoms with van der Waals surface area (Å²) < 4.78 is 29.3. The molecule has 1 aliphatic carbocycles. The summed E-state index contributed by atoms with van der Waals surface area (Å²) in [7, 11) is -3.89.